The summed E-state index contributed by atoms with van der Waals surface area (Å²) in [6.07, 6.45) is 0.629. The summed E-state index contributed by atoms with van der Waals surface area (Å²) in [6.45, 7) is -1.41. The molecule has 0 aliphatic heterocycles. The van der Waals surface area contributed by atoms with Crippen molar-refractivity contribution in [2.24, 2.45) is 0 Å². The van der Waals surface area contributed by atoms with Crippen LogP contribution in [0.25, 0.3) is 28.0 Å². The number of pyridine rings is 2. The van der Waals surface area contributed by atoms with E-state index in [1.165, 1.54) is 6.07 Å². The van der Waals surface area contributed by atoms with Gasteiger partial charge < -0.3 is 15.6 Å². The van der Waals surface area contributed by atoms with Crippen LogP contribution in [-0.4, -0.2) is 33.1 Å². The minimum atomic E-state index is -4.48. The molecule has 3 N–H and O–H groups in total. The Hall–Kier alpha value is -4.08. The largest absolute Gasteiger partial charge is 0.405 e. The van der Waals surface area contributed by atoms with E-state index in [0.29, 0.717) is 11.3 Å². The van der Waals surface area contributed by atoms with Crippen LogP contribution in [0.1, 0.15) is 0 Å². The van der Waals surface area contributed by atoms with Crippen molar-refractivity contribution in [3.8, 4) is 22.4 Å². The average molecular weight is 427 g/mol. The second kappa shape index (κ2) is 7.98. The van der Waals surface area contributed by atoms with Crippen LogP contribution >= 0.6 is 0 Å². The lowest BCUT2D eigenvalue weighted by Gasteiger charge is -2.11. The highest BCUT2D eigenvalue weighted by atomic mass is 19.4. The van der Waals surface area contributed by atoms with Gasteiger partial charge in [0.15, 0.2) is 0 Å². The lowest BCUT2D eigenvalue weighted by Crippen LogP contribution is -2.36. The van der Waals surface area contributed by atoms with Crippen LogP contribution in [0.3, 0.4) is 0 Å². The molecule has 0 aliphatic carbocycles. The van der Waals surface area contributed by atoms with Crippen LogP contribution < -0.4 is 16.2 Å². The Bertz CT molecular complexity index is 1290. The first-order valence-electron chi connectivity index (χ1n) is 9.17. The number of imidazole rings is 1. The van der Waals surface area contributed by atoms with Gasteiger partial charge in [-0.2, -0.15) is 13.2 Å². The number of carbonyl (C=O) groups excluding carboxylic acids is 1. The number of alkyl halides is 3. The Morgan fingerprint density at radius 2 is 1.90 bits per heavy atom. The number of H-pyrrole nitrogens is 1. The van der Waals surface area contributed by atoms with Gasteiger partial charge in [-0.1, -0.05) is 12.1 Å². The highest BCUT2D eigenvalue weighted by molar-refractivity contribution is 5.90. The van der Waals surface area contributed by atoms with Crippen molar-refractivity contribution in [1.29, 1.82) is 0 Å². The fourth-order valence-electron chi connectivity index (χ4n) is 3.08. The van der Waals surface area contributed by atoms with Crippen molar-refractivity contribution in [2.75, 3.05) is 11.9 Å². The number of aromatic amines is 1. The van der Waals surface area contributed by atoms with Crippen LogP contribution in [0.4, 0.5) is 23.7 Å². The number of anilines is 1. The Morgan fingerprint density at radius 3 is 2.65 bits per heavy atom. The van der Waals surface area contributed by atoms with Crippen molar-refractivity contribution in [3.05, 3.63) is 77.5 Å². The Balaban J connectivity index is 1.57. The first-order valence-corrected chi connectivity index (χ1v) is 9.17. The number of carbonyl (C=O) groups is 1. The van der Waals surface area contributed by atoms with Gasteiger partial charge in [-0.15, -0.1) is 0 Å². The third-order valence-corrected chi connectivity index (χ3v) is 4.50. The molecule has 0 radical (unpaired) electrons. The number of urea groups is 1. The lowest BCUT2D eigenvalue weighted by molar-refractivity contribution is -0.122. The second-order valence-electron chi connectivity index (χ2n) is 6.73. The predicted octanol–water partition coefficient (Wildman–Crippen LogP) is 4.04. The maximum Gasteiger partial charge on any atom is 0.405 e. The molecule has 4 aromatic rings. The second-order valence-corrected chi connectivity index (χ2v) is 6.73. The highest BCUT2D eigenvalue weighted by Crippen LogP contribution is 2.26. The Morgan fingerprint density at radius 1 is 1.06 bits per heavy atom. The van der Waals surface area contributed by atoms with E-state index < -0.39 is 18.8 Å². The van der Waals surface area contributed by atoms with Crippen LogP contribution in [0.5, 0.6) is 0 Å². The maximum absolute atomic E-state index is 12.2. The number of hydrogen-bond acceptors (Lipinski definition) is 3. The van der Waals surface area contributed by atoms with Gasteiger partial charge >= 0.3 is 12.2 Å². The first-order chi connectivity index (χ1) is 14.8. The van der Waals surface area contributed by atoms with E-state index in [4.69, 9.17) is 0 Å². The van der Waals surface area contributed by atoms with E-state index in [-0.39, 0.29) is 5.56 Å². The lowest BCUT2D eigenvalue weighted by atomic mass is 10.1. The molecule has 0 saturated heterocycles. The van der Waals surface area contributed by atoms with Gasteiger partial charge in [0.2, 0.25) is 5.56 Å². The number of halogens is 3. The number of benzene rings is 1. The van der Waals surface area contributed by atoms with E-state index in [1.54, 1.807) is 48.0 Å². The van der Waals surface area contributed by atoms with E-state index in [2.05, 4.69) is 15.3 Å². The normalized spacial score (nSPS) is 11.5. The molecule has 0 atom stereocenters. The van der Waals surface area contributed by atoms with Gasteiger partial charge in [0.1, 0.15) is 12.2 Å². The highest BCUT2D eigenvalue weighted by Gasteiger charge is 2.27. The minimum Gasteiger partial charge on any atom is -0.329 e. The molecule has 3 heterocycles. The fraction of sp³-hybridized carbons (Fsp3) is 0.0952. The summed E-state index contributed by atoms with van der Waals surface area (Å²) in [5.74, 6) is 0. The van der Waals surface area contributed by atoms with E-state index in [0.717, 1.165) is 22.4 Å². The zero-order valence-corrected chi connectivity index (χ0v) is 15.9. The van der Waals surface area contributed by atoms with Gasteiger partial charge in [0, 0.05) is 29.7 Å². The third kappa shape index (κ3) is 4.74. The molecule has 4 rings (SSSR count). The monoisotopic (exact) mass is 427 g/mol. The summed E-state index contributed by atoms with van der Waals surface area (Å²) in [5.41, 5.74) is 3.99. The third-order valence-electron chi connectivity index (χ3n) is 4.50. The summed E-state index contributed by atoms with van der Waals surface area (Å²) < 4.78 is 38.6. The summed E-state index contributed by atoms with van der Waals surface area (Å²) in [5, 5.41) is 4.16. The zero-order chi connectivity index (χ0) is 22.0. The Kier molecular flexibility index (Phi) is 5.20. The molecule has 1 aromatic carbocycles. The summed E-state index contributed by atoms with van der Waals surface area (Å²) in [4.78, 5) is 30.0. The first kappa shape index (κ1) is 20.2. The number of aromatic nitrogens is 3. The molecule has 2 amide bonds. The number of fused-ring (bicyclic) bond motifs is 1. The van der Waals surface area contributed by atoms with E-state index in [9.17, 15) is 22.8 Å². The molecule has 0 spiro atoms. The van der Waals surface area contributed by atoms with Gasteiger partial charge in [0.05, 0.1) is 11.9 Å². The number of hydrogen-bond donors (Lipinski definition) is 3. The topological polar surface area (TPSA) is 91.3 Å². The van der Waals surface area contributed by atoms with Gasteiger partial charge in [-0.05, 0) is 41.5 Å². The maximum atomic E-state index is 12.2. The molecular formula is C21H16F3N5O2. The summed E-state index contributed by atoms with van der Waals surface area (Å²) in [7, 11) is 0. The number of amides is 2. The predicted molar refractivity (Wildman–Crippen MR) is 110 cm³/mol. The molecule has 0 aliphatic rings. The minimum absolute atomic E-state index is 0.187. The standard InChI is InChI=1S/C21H16F3N5O2/c22-21(23,24)12-27-20(31)28-16-3-1-2-14(8-16)17-11-25-18-9-13(6-7-29(17)18)15-4-5-19(30)26-10-15/h1-11H,12H2,(H,26,30)(H2,27,28,31). The molecule has 0 unspecified atom stereocenters. The van der Waals surface area contributed by atoms with Crippen LogP contribution in [0, 0.1) is 0 Å². The van der Waals surface area contributed by atoms with Crippen molar-refractivity contribution >= 4 is 17.4 Å². The average Bonchev–Trinajstić information content (AvgIpc) is 3.16. The van der Waals surface area contributed by atoms with Crippen molar-refractivity contribution in [1.82, 2.24) is 19.7 Å². The van der Waals surface area contributed by atoms with Crippen LogP contribution in [-0.2, 0) is 0 Å². The van der Waals surface area contributed by atoms with E-state index in [1.807, 2.05) is 22.7 Å². The fourth-order valence-corrected chi connectivity index (χ4v) is 3.08. The van der Waals surface area contributed by atoms with Crippen molar-refractivity contribution in [3.63, 3.8) is 0 Å². The van der Waals surface area contributed by atoms with E-state index >= 15 is 0 Å². The molecule has 0 saturated carbocycles. The molecule has 0 bridgehead atoms. The summed E-state index contributed by atoms with van der Waals surface area (Å²) in [6, 6.07) is 12.7. The number of nitrogens with zero attached hydrogens (tertiary/aromatic N) is 2. The van der Waals surface area contributed by atoms with Crippen LogP contribution in [0.15, 0.2) is 71.9 Å². The van der Waals surface area contributed by atoms with Crippen LogP contribution in [0.2, 0.25) is 0 Å². The van der Waals surface area contributed by atoms with Gasteiger partial charge in [0.25, 0.3) is 0 Å². The quantitative estimate of drug-likeness (QED) is 0.459. The SMILES string of the molecule is O=C(NCC(F)(F)F)Nc1cccc(-c2cnc3cc(-c4ccc(=O)[nH]c4)ccn23)c1. The number of rotatable bonds is 4. The van der Waals surface area contributed by atoms with Gasteiger partial charge in [-0.3, -0.25) is 9.20 Å². The molecule has 3 aromatic heterocycles. The van der Waals surface area contributed by atoms with Crippen molar-refractivity contribution in [2.45, 2.75) is 6.18 Å². The molecule has 0 fully saturated rings. The molecular weight excluding hydrogens is 411 g/mol. The number of nitrogens with one attached hydrogen (secondary N) is 3. The van der Waals surface area contributed by atoms with Crippen molar-refractivity contribution < 1.29 is 18.0 Å². The van der Waals surface area contributed by atoms with Gasteiger partial charge in [-0.25, -0.2) is 9.78 Å². The summed E-state index contributed by atoms with van der Waals surface area (Å²) >= 11 is 0. The smallest absolute Gasteiger partial charge is 0.329 e. The molecule has 31 heavy (non-hydrogen) atoms. The molecule has 7 nitrogen and oxygen atoms in total. The zero-order valence-electron chi connectivity index (χ0n) is 15.9. The molecule has 10 heteroatoms. The molecule has 158 valence electrons. The Labute approximate surface area is 173 Å².